The first-order valence-corrected chi connectivity index (χ1v) is 11.9. The topological polar surface area (TPSA) is 66.6 Å². The molecule has 190 valence electrons. The summed E-state index contributed by atoms with van der Waals surface area (Å²) < 4.78 is 22.5. The maximum Gasteiger partial charge on any atom is 0.374 e. The van der Waals surface area contributed by atoms with Crippen LogP contribution in [0.15, 0.2) is 48.1 Å². The van der Waals surface area contributed by atoms with Crippen LogP contribution in [0.3, 0.4) is 0 Å². The van der Waals surface area contributed by atoms with Crippen LogP contribution >= 0.6 is 0 Å². The number of hydrogen-bond acceptors (Lipinski definition) is 3. The summed E-state index contributed by atoms with van der Waals surface area (Å²) in [5.74, 6) is -4.38. The number of carboxylic acids is 1. The molecule has 1 rings (SSSR count). The van der Waals surface area contributed by atoms with E-state index in [0.717, 1.165) is 19.6 Å². The molecule has 0 aromatic heterocycles. The fourth-order valence-corrected chi connectivity index (χ4v) is 2.61. The van der Waals surface area contributed by atoms with Crippen LogP contribution in [-0.2, 0) is 17.9 Å². The molecule has 0 saturated heterocycles. The molecule has 1 atom stereocenters. The standard InChI is InChI=1S/C22H36N2.C3H4F2O2.C2H6/c1-6-19(5)15-24(16-20(7-2)9-8-18(3)4)17-22-12-10-21(14-23)11-13-22;1-3(4,5)2(6)7;1-2/h7-13,18-19H,6,14-17,23H2,1-5H3;1H3,(H,6,7);1-2H3/b9-8-,20-7+;;. The zero-order valence-electron chi connectivity index (χ0n) is 21.9. The smallest absolute Gasteiger partial charge is 0.374 e. The molecule has 0 aliphatic rings. The van der Waals surface area contributed by atoms with Crippen molar-refractivity contribution in [3.63, 3.8) is 0 Å². The van der Waals surface area contributed by atoms with Crippen LogP contribution in [0.25, 0.3) is 0 Å². The lowest BCUT2D eigenvalue weighted by Crippen LogP contribution is -2.30. The Bertz CT molecular complexity index is 693. The van der Waals surface area contributed by atoms with E-state index in [-0.39, 0.29) is 0 Å². The lowest BCUT2D eigenvalue weighted by Gasteiger charge is -2.26. The summed E-state index contributed by atoms with van der Waals surface area (Å²) in [6.07, 6.45) is 8.02. The van der Waals surface area contributed by atoms with Crippen LogP contribution in [0.1, 0.15) is 72.9 Å². The Hall–Kier alpha value is -2.05. The van der Waals surface area contributed by atoms with E-state index >= 15 is 0 Å². The van der Waals surface area contributed by atoms with Crippen molar-refractivity contribution in [3.05, 3.63) is 59.2 Å². The maximum absolute atomic E-state index is 11.2. The van der Waals surface area contributed by atoms with Gasteiger partial charge in [-0.15, -0.1) is 0 Å². The Balaban J connectivity index is 0. The molecule has 0 aliphatic heterocycles. The summed E-state index contributed by atoms with van der Waals surface area (Å²) in [4.78, 5) is 11.8. The zero-order valence-corrected chi connectivity index (χ0v) is 21.9. The molecule has 33 heavy (non-hydrogen) atoms. The summed E-state index contributed by atoms with van der Waals surface area (Å²) in [6.45, 7) is 19.2. The Morgan fingerprint density at radius 1 is 1.15 bits per heavy atom. The first kappa shape index (κ1) is 33.1. The Morgan fingerprint density at radius 2 is 1.64 bits per heavy atom. The van der Waals surface area contributed by atoms with Crippen molar-refractivity contribution in [3.8, 4) is 0 Å². The molecule has 6 heteroatoms. The van der Waals surface area contributed by atoms with Crippen molar-refractivity contribution < 1.29 is 18.7 Å². The highest BCUT2D eigenvalue weighted by Crippen LogP contribution is 2.14. The summed E-state index contributed by atoms with van der Waals surface area (Å²) in [5, 5.41) is 7.50. The minimum atomic E-state index is -3.58. The summed E-state index contributed by atoms with van der Waals surface area (Å²) in [7, 11) is 0. The molecule has 0 radical (unpaired) electrons. The number of halogens is 2. The third kappa shape index (κ3) is 17.1. The van der Waals surface area contributed by atoms with Crippen LogP contribution in [-0.4, -0.2) is 35.0 Å². The first-order valence-electron chi connectivity index (χ1n) is 11.9. The lowest BCUT2D eigenvalue weighted by molar-refractivity contribution is -0.161. The molecular formula is C27H46F2N2O2. The van der Waals surface area contributed by atoms with Gasteiger partial charge in [-0.1, -0.05) is 90.5 Å². The number of nitrogens with zero attached hydrogens (tertiary/aromatic N) is 1. The predicted octanol–water partition coefficient (Wildman–Crippen LogP) is 6.90. The molecule has 4 nitrogen and oxygen atoms in total. The maximum atomic E-state index is 11.2. The number of allylic oxidation sites excluding steroid dienone is 2. The zero-order chi connectivity index (χ0) is 26.0. The SMILES string of the molecule is C/C=C(\C=C/C(C)C)CN(Cc1ccc(CN)cc1)CC(C)CC.CC.CC(F)(F)C(=O)O. The van der Waals surface area contributed by atoms with E-state index in [1.807, 2.05) is 13.8 Å². The predicted molar refractivity (Wildman–Crippen MR) is 136 cm³/mol. The molecule has 0 amide bonds. The summed E-state index contributed by atoms with van der Waals surface area (Å²) >= 11 is 0. The molecule has 0 fully saturated rings. The molecule has 0 heterocycles. The van der Waals surface area contributed by atoms with E-state index in [9.17, 15) is 13.6 Å². The van der Waals surface area contributed by atoms with Gasteiger partial charge in [0, 0.05) is 33.1 Å². The van der Waals surface area contributed by atoms with Crippen LogP contribution in [0.2, 0.25) is 0 Å². The van der Waals surface area contributed by atoms with Gasteiger partial charge in [0.25, 0.3) is 0 Å². The molecular weight excluding hydrogens is 422 g/mol. The van der Waals surface area contributed by atoms with Gasteiger partial charge in [0.1, 0.15) is 0 Å². The second-order valence-corrected chi connectivity index (χ2v) is 8.36. The Kier molecular flexibility index (Phi) is 18.5. The third-order valence-corrected chi connectivity index (χ3v) is 4.78. The normalized spacial score (nSPS) is 12.8. The monoisotopic (exact) mass is 468 g/mol. The minimum absolute atomic E-state index is 0.329. The third-order valence-electron chi connectivity index (χ3n) is 4.78. The largest absolute Gasteiger partial charge is 0.477 e. The molecule has 1 aromatic rings. The van der Waals surface area contributed by atoms with Gasteiger partial charge in [-0.25, -0.2) is 4.79 Å². The number of hydrogen-bond donors (Lipinski definition) is 2. The average molecular weight is 469 g/mol. The molecule has 0 spiro atoms. The van der Waals surface area contributed by atoms with E-state index in [1.54, 1.807) is 0 Å². The molecule has 0 aliphatic carbocycles. The highest BCUT2D eigenvalue weighted by Gasteiger charge is 2.31. The van der Waals surface area contributed by atoms with E-state index in [1.165, 1.54) is 23.1 Å². The highest BCUT2D eigenvalue weighted by molar-refractivity contribution is 5.74. The van der Waals surface area contributed by atoms with Crippen molar-refractivity contribution in [1.82, 2.24) is 4.90 Å². The van der Waals surface area contributed by atoms with Crippen LogP contribution in [0, 0.1) is 11.8 Å². The number of nitrogens with two attached hydrogens (primary N) is 1. The van der Waals surface area contributed by atoms with Gasteiger partial charge in [0.05, 0.1) is 0 Å². The van der Waals surface area contributed by atoms with Gasteiger partial charge in [-0.3, -0.25) is 4.90 Å². The molecule has 0 saturated carbocycles. The summed E-state index contributed by atoms with van der Waals surface area (Å²) in [5.41, 5.74) is 9.65. The molecule has 1 unspecified atom stereocenters. The van der Waals surface area contributed by atoms with E-state index in [2.05, 4.69) is 82.0 Å². The van der Waals surface area contributed by atoms with E-state index < -0.39 is 11.9 Å². The van der Waals surface area contributed by atoms with Crippen molar-refractivity contribution in [1.29, 1.82) is 0 Å². The van der Waals surface area contributed by atoms with Crippen LogP contribution in [0.4, 0.5) is 8.78 Å². The number of aliphatic carboxylic acids is 1. The number of benzene rings is 1. The fourth-order valence-electron chi connectivity index (χ4n) is 2.61. The van der Waals surface area contributed by atoms with Gasteiger partial charge in [-0.05, 0) is 35.5 Å². The number of rotatable bonds is 11. The van der Waals surface area contributed by atoms with Gasteiger partial charge >= 0.3 is 11.9 Å². The van der Waals surface area contributed by atoms with Gasteiger partial charge < -0.3 is 10.8 Å². The second kappa shape index (κ2) is 18.4. The molecule has 0 bridgehead atoms. The number of alkyl halides is 2. The van der Waals surface area contributed by atoms with E-state index in [0.29, 0.717) is 25.3 Å². The lowest BCUT2D eigenvalue weighted by atomic mass is 10.1. The fraction of sp³-hybridized carbons (Fsp3) is 0.593. The van der Waals surface area contributed by atoms with Crippen LogP contribution < -0.4 is 5.73 Å². The number of carboxylic acid groups (broad SMARTS) is 1. The van der Waals surface area contributed by atoms with Crippen molar-refractivity contribution >= 4 is 5.97 Å². The van der Waals surface area contributed by atoms with E-state index in [4.69, 9.17) is 10.8 Å². The molecule has 1 aromatic carbocycles. The van der Waals surface area contributed by atoms with Crippen molar-refractivity contribution in [2.75, 3.05) is 13.1 Å². The quantitative estimate of drug-likeness (QED) is 0.347. The first-order chi connectivity index (χ1) is 15.4. The summed E-state index contributed by atoms with van der Waals surface area (Å²) in [6, 6.07) is 8.72. The number of carbonyl (C=O) groups is 1. The van der Waals surface area contributed by atoms with Gasteiger partial charge in [-0.2, -0.15) is 8.78 Å². The van der Waals surface area contributed by atoms with Gasteiger partial charge in [0.15, 0.2) is 0 Å². The van der Waals surface area contributed by atoms with Crippen molar-refractivity contribution in [2.45, 2.75) is 80.8 Å². The van der Waals surface area contributed by atoms with Crippen molar-refractivity contribution in [2.24, 2.45) is 17.6 Å². The average Bonchev–Trinajstić information content (AvgIpc) is 2.77. The Labute approximate surface area is 200 Å². The highest BCUT2D eigenvalue weighted by atomic mass is 19.3. The molecule has 3 N–H and O–H groups in total. The minimum Gasteiger partial charge on any atom is -0.477 e. The Morgan fingerprint density at radius 3 is 2.00 bits per heavy atom. The van der Waals surface area contributed by atoms with Crippen LogP contribution in [0.5, 0.6) is 0 Å². The van der Waals surface area contributed by atoms with Gasteiger partial charge in [0.2, 0.25) is 0 Å². The second-order valence-electron chi connectivity index (χ2n) is 8.36.